The van der Waals surface area contributed by atoms with E-state index in [1.54, 1.807) is 13.3 Å². The number of fused-ring (bicyclic) bond motifs is 1. The molecule has 0 radical (unpaired) electrons. The number of anilines is 1. The molecule has 0 saturated carbocycles. The number of aliphatic hydroxyl groups excluding tert-OH is 3. The molecule has 6 N–H and O–H groups in total. The normalized spacial score (nSPS) is 28.5. The van der Waals surface area contributed by atoms with Crippen LogP contribution in [0.1, 0.15) is 26.1 Å². The van der Waals surface area contributed by atoms with E-state index in [1.165, 1.54) is 0 Å². The highest BCUT2D eigenvalue weighted by molar-refractivity contribution is 7.81. The van der Waals surface area contributed by atoms with Crippen LogP contribution in [0.5, 0.6) is 0 Å². The third kappa shape index (κ3) is 4.92. The van der Waals surface area contributed by atoms with Gasteiger partial charge in [-0.05, 0) is 20.3 Å². The van der Waals surface area contributed by atoms with Crippen molar-refractivity contribution in [1.82, 2.24) is 19.9 Å². The fourth-order valence-electron chi connectivity index (χ4n) is 2.37. The molecule has 9 nitrogen and oxygen atoms in total. The van der Waals surface area contributed by atoms with Gasteiger partial charge in [0.1, 0.15) is 17.4 Å². The summed E-state index contributed by atoms with van der Waals surface area (Å²) in [6.07, 6.45) is -0.469. The van der Waals surface area contributed by atoms with Crippen molar-refractivity contribution in [2.75, 3.05) is 5.73 Å². The molecule has 10 heteroatoms. The lowest BCUT2D eigenvalue weighted by atomic mass is 10.0. The van der Waals surface area contributed by atoms with Gasteiger partial charge in [0.15, 0.2) is 17.8 Å². The number of H-pyrrole nitrogens is 1. The first-order chi connectivity index (χ1) is 12.2. The highest BCUT2D eigenvalue weighted by atomic mass is 32.1. The van der Waals surface area contributed by atoms with Crippen molar-refractivity contribution in [3.05, 3.63) is 24.3 Å². The van der Waals surface area contributed by atoms with Gasteiger partial charge in [0.2, 0.25) is 0 Å². The Morgan fingerprint density at radius 1 is 1.35 bits per heavy atom. The summed E-state index contributed by atoms with van der Waals surface area (Å²) in [6.45, 7) is 7.40. The number of nitrogens with two attached hydrogens (primary N) is 1. The van der Waals surface area contributed by atoms with Crippen LogP contribution in [-0.4, -0.2) is 65.1 Å². The van der Waals surface area contributed by atoms with Crippen LogP contribution in [0.15, 0.2) is 18.5 Å². The van der Waals surface area contributed by atoms with Crippen molar-refractivity contribution in [1.29, 1.82) is 0 Å². The van der Waals surface area contributed by atoms with Crippen LogP contribution in [0.4, 0.5) is 5.82 Å². The first-order valence-corrected chi connectivity index (χ1v) is 8.70. The van der Waals surface area contributed by atoms with E-state index in [9.17, 15) is 10.2 Å². The number of thiol groups is 1. The number of nitrogens with one attached hydrogen (secondary N) is 1. The minimum atomic E-state index is -1.10. The highest BCUT2D eigenvalue weighted by Crippen LogP contribution is 2.22. The fourth-order valence-corrected chi connectivity index (χ4v) is 2.62. The van der Waals surface area contributed by atoms with Crippen LogP contribution in [0.2, 0.25) is 0 Å². The van der Waals surface area contributed by atoms with E-state index in [0.29, 0.717) is 17.0 Å². The Balaban J connectivity index is 0.000000197. The average molecular weight is 383 g/mol. The zero-order chi connectivity index (χ0) is 19.4. The molecule has 1 saturated heterocycles. The molecule has 5 atom stereocenters. The molecular formula is C16H25N5O4S. The van der Waals surface area contributed by atoms with Crippen molar-refractivity contribution in [2.45, 2.75) is 56.5 Å². The Bertz CT molecular complexity index is 741. The minimum absolute atomic E-state index is 0.453. The monoisotopic (exact) mass is 383 g/mol. The Kier molecular flexibility index (Phi) is 6.95. The number of aliphatic hydroxyl groups is 3. The summed E-state index contributed by atoms with van der Waals surface area (Å²) >= 11 is 3.87. The number of hydrogen-bond donors (Lipinski definition) is 6. The van der Waals surface area contributed by atoms with E-state index in [2.05, 4.69) is 39.1 Å². The van der Waals surface area contributed by atoms with E-state index in [-0.39, 0.29) is 0 Å². The standard InChI is InChI=1S/C10H13N5.C6H12O4S/c1-6(2)3-4-7-14-9(11)8-10(15-7)13-5-12-8;1-2-3(7)4(8)5(11)6(9)10-2/h5H,1,3-4H2,2H3,(H3,11,12,13,14,15);2-9,11H,1H3/t;2-,3-,4+,5-,6?/m.1/s1. The summed E-state index contributed by atoms with van der Waals surface area (Å²) in [4.78, 5) is 15.5. The summed E-state index contributed by atoms with van der Waals surface area (Å²) in [6, 6.07) is 0. The van der Waals surface area contributed by atoms with Crippen molar-refractivity contribution in [2.24, 2.45) is 0 Å². The topological polar surface area (TPSA) is 150 Å². The summed E-state index contributed by atoms with van der Waals surface area (Å²) in [5, 5.41) is 26.8. The fraction of sp³-hybridized carbons (Fsp3) is 0.562. The van der Waals surface area contributed by atoms with Gasteiger partial charge in [-0.1, -0.05) is 5.57 Å². The van der Waals surface area contributed by atoms with Gasteiger partial charge in [-0.2, -0.15) is 12.6 Å². The molecule has 1 aliphatic heterocycles. The summed E-state index contributed by atoms with van der Waals surface area (Å²) < 4.78 is 4.85. The molecule has 1 aliphatic rings. The lowest BCUT2D eigenvalue weighted by Crippen LogP contribution is -2.54. The number of rotatable bonds is 3. The predicted octanol–water partition coefficient (Wildman–Crippen LogP) is 0.187. The second-order valence-electron chi connectivity index (χ2n) is 6.29. The minimum Gasteiger partial charge on any atom is -0.389 e. The molecule has 2 aromatic rings. The molecule has 0 aromatic carbocycles. The van der Waals surface area contributed by atoms with E-state index >= 15 is 0 Å². The Hall–Kier alpha value is -1.72. The maximum atomic E-state index is 9.22. The van der Waals surface area contributed by atoms with Crippen LogP contribution >= 0.6 is 12.6 Å². The maximum absolute atomic E-state index is 9.22. The van der Waals surface area contributed by atoms with E-state index in [1.807, 2.05) is 6.92 Å². The third-order valence-corrected chi connectivity index (χ3v) is 4.52. The van der Waals surface area contributed by atoms with Gasteiger partial charge >= 0.3 is 0 Å². The second kappa shape index (κ2) is 8.78. The summed E-state index contributed by atoms with van der Waals surface area (Å²) in [5.74, 6) is 1.17. The van der Waals surface area contributed by atoms with Crippen molar-refractivity contribution in [3.63, 3.8) is 0 Å². The second-order valence-corrected chi connectivity index (χ2v) is 6.88. The predicted molar refractivity (Wildman–Crippen MR) is 101 cm³/mol. The highest BCUT2D eigenvalue weighted by Gasteiger charge is 2.39. The molecule has 2 aromatic heterocycles. The van der Waals surface area contributed by atoms with Gasteiger partial charge in [-0.3, -0.25) is 0 Å². The number of hydrogen-bond acceptors (Lipinski definition) is 9. The first-order valence-electron chi connectivity index (χ1n) is 8.18. The van der Waals surface area contributed by atoms with Crippen LogP contribution < -0.4 is 5.73 Å². The summed E-state index contributed by atoms with van der Waals surface area (Å²) in [7, 11) is 0. The van der Waals surface area contributed by atoms with Crippen LogP contribution in [0, 0.1) is 0 Å². The zero-order valence-electron chi connectivity index (χ0n) is 14.7. The van der Waals surface area contributed by atoms with Gasteiger partial charge in [0, 0.05) is 6.42 Å². The molecule has 0 aliphatic carbocycles. The number of nitrogens with zero attached hydrogens (tertiary/aromatic N) is 3. The van der Waals surface area contributed by atoms with Crippen molar-refractivity contribution >= 4 is 29.6 Å². The third-order valence-electron chi connectivity index (χ3n) is 3.96. The molecule has 0 bridgehead atoms. The van der Waals surface area contributed by atoms with Gasteiger partial charge in [-0.25, -0.2) is 15.0 Å². The number of aromatic nitrogens is 4. The Morgan fingerprint density at radius 3 is 2.69 bits per heavy atom. The maximum Gasteiger partial charge on any atom is 0.183 e. The zero-order valence-corrected chi connectivity index (χ0v) is 15.6. The van der Waals surface area contributed by atoms with E-state index in [4.69, 9.17) is 15.6 Å². The SMILES string of the molecule is C=C(C)CCc1nc(N)c2[nH]cnc2n1.C[C@H]1OC(O)[C@H](S)[C@@H](O)[C@@H]1O. The molecule has 3 rings (SSSR count). The van der Waals surface area contributed by atoms with Gasteiger partial charge < -0.3 is 30.8 Å². The van der Waals surface area contributed by atoms with E-state index < -0.39 is 29.9 Å². The molecule has 1 unspecified atom stereocenters. The molecule has 26 heavy (non-hydrogen) atoms. The Morgan fingerprint density at radius 2 is 2.04 bits per heavy atom. The molecule has 144 valence electrons. The lowest BCUT2D eigenvalue weighted by Gasteiger charge is -2.37. The number of ether oxygens (including phenoxy) is 1. The largest absolute Gasteiger partial charge is 0.389 e. The molecule has 0 spiro atoms. The number of aromatic amines is 1. The van der Waals surface area contributed by atoms with Gasteiger partial charge in [0.25, 0.3) is 0 Å². The van der Waals surface area contributed by atoms with Crippen LogP contribution in [0.3, 0.4) is 0 Å². The molecule has 3 heterocycles. The first kappa shape index (κ1) is 20.6. The van der Waals surface area contributed by atoms with Crippen molar-refractivity contribution in [3.8, 4) is 0 Å². The number of aryl methyl sites for hydroxylation is 1. The molecule has 0 amide bonds. The quantitative estimate of drug-likeness (QED) is 0.325. The van der Waals surface area contributed by atoms with Gasteiger partial charge in [-0.15, -0.1) is 6.58 Å². The summed E-state index contributed by atoms with van der Waals surface area (Å²) in [5.41, 5.74) is 8.20. The van der Waals surface area contributed by atoms with E-state index in [0.717, 1.165) is 24.2 Å². The van der Waals surface area contributed by atoms with Crippen LogP contribution in [0.25, 0.3) is 11.2 Å². The number of imidazole rings is 1. The molecule has 1 fully saturated rings. The average Bonchev–Trinajstić information content (AvgIpc) is 3.06. The lowest BCUT2D eigenvalue weighted by molar-refractivity contribution is -0.221. The smallest absolute Gasteiger partial charge is 0.183 e. The van der Waals surface area contributed by atoms with Crippen molar-refractivity contribution < 1.29 is 20.1 Å². The van der Waals surface area contributed by atoms with Gasteiger partial charge in [0.05, 0.1) is 23.8 Å². The van der Waals surface area contributed by atoms with Crippen LogP contribution in [-0.2, 0) is 11.2 Å². The molecular weight excluding hydrogens is 358 g/mol. The Labute approximate surface area is 156 Å². The number of nitrogen functional groups attached to an aromatic ring is 1. The number of allylic oxidation sites excluding steroid dienone is 1.